The Balaban J connectivity index is 1.98. The molecule has 1 aromatic carbocycles. The molecule has 80 valence electrons. The van der Waals surface area contributed by atoms with Crippen molar-refractivity contribution in [3.63, 3.8) is 0 Å². The van der Waals surface area contributed by atoms with Gasteiger partial charge in [0.25, 0.3) is 0 Å². The SMILES string of the molecule is CN1OCCC1C(=O)Oc1ccccc1. The number of carbonyl (C=O) groups is 1. The summed E-state index contributed by atoms with van der Waals surface area (Å²) in [4.78, 5) is 16.8. The largest absolute Gasteiger partial charge is 0.425 e. The van der Waals surface area contributed by atoms with Crippen LogP contribution in [-0.2, 0) is 9.63 Å². The summed E-state index contributed by atoms with van der Waals surface area (Å²) >= 11 is 0. The third-order valence-electron chi connectivity index (χ3n) is 2.36. The van der Waals surface area contributed by atoms with Crippen molar-refractivity contribution >= 4 is 5.97 Å². The van der Waals surface area contributed by atoms with Crippen LogP contribution >= 0.6 is 0 Å². The Morgan fingerprint density at radius 3 is 2.80 bits per heavy atom. The van der Waals surface area contributed by atoms with E-state index in [4.69, 9.17) is 9.57 Å². The minimum Gasteiger partial charge on any atom is -0.425 e. The summed E-state index contributed by atoms with van der Waals surface area (Å²) in [5.41, 5.74) is 0. The highest BCUT2D eigenvalue weighted by Gasteiger charge is 2.30. The average Bonchev–Trinajstić information content (AvgIpc) is 2.66. The van der Waals surface area contributed by atoms with Gasteiger partial charge >= 0.3 is 5.97 Å². The third kappa shape index (κ3) is 2.34. The fourth-order valence-corrected chi connectivity index (χ4v) is 1.52. The Morgan fingerprint density at radius 1 is 1.47 bits per heavy atom. The highest BCUT2D eigenvalue weighted by atomic mass is 16.7. The number of rotatable bonds is 2. The molecule has 1 aromatic rings. The van der Waals surface area contributed by atoms with Crippen molar-refractivity contribution in [2.24, 2.45) is 0 Å². The van der Waals surface area contributed by atoms with Crippen molar-refractivity contribution in [3.8, 4) is 5.75 Å². The Kier molecular flexibility index (Phi) is 2.99. The Morgan fingerprint density at radius 2 is 2.20 bits per heavy atom. The molecule has 1 saturated heterocycles. The van der Waals surface area contributed by atoms with Crippen molar-refractivity contribution < 1.29 is 14.4 Å². The molecule has 0 N–H and O–H groups in total. The molecule has 0 radical (unpaired) electrons. The predicted octanol–water partition coefficient (Wildman–Crippen LogP) is 1.23. The lowest BCUT2D eigenvalue weighted by Gasteiger charge is -2.15. The lowest BCUT2D eigenvalue weighted by molar-refractivity contribution is -0.155. The Labute approximate surface area is 88.4 Å². The highest BCUT2D eigenvalue weighted by Crippen LogP contribution is 2.16. The number of esters is 1. The average molecular weight is 207 g/mol. The van der Waals surface area contributed by atoms with Gasteiger partial charge in [0.05, 0.1) is 6.61 Å². The summed E-state index contributed by atoms with van der Waals surface area (Å²) in [6.07, 6.45) is 0.683. The molecular formula is C11H13NO3. The molecule has 1 heterocycles. The van der Waals surface area contributed by atoms with E-state index in [1.807, 2.05) is 18.2 Å². The van der Waals surface area contributed by atoms with Crippen molar-refractivity contribution in [1.82, 2.24) is 5.06 Å². The van der Waals surface area contributed by atoms with Gasteiger partial charge in [-0.15, -0.1) is 0 Å². The van der Waals surface area contributed by atoms with Crippen molar-refractivity contribution in [1.29, 1.82) is 0 Å². The summed E-state index contributed by atoms with van der Waals surface area (Å²) in [6, 6.07) is 8.77. The third-order valence-corrected chi connectivity index (χ3v) is 2.36. The lowest BCUT2D eigenvalue weighted by Crippen LogP contribution is -2.35. The van der Waals surface area contributed by atoms with Gasteiger partial charge in [-0.2, -0.15) is 5.06 Å². The first kappa shape index (κ1) is 10.1. The zero-order valence-electron chi connectivity index (χ0n) is 8.55. The van der Waals surface area contributed by atoms with E-state index in [1.165, 1.54) is 0 Å². The second-order valence-corrected chi connectivity index (χ2v) is 3.42. The number of likely N-dealkylation sites (N-methyl/N-ethyl adjacent to an activating group) is 1. The van der Waals surface area contributed by atoms with Gasteiger partial charge < -0.3 is 4.74 Å². The second kappa shape index (κ2) is 4.42. The van der Waals surface area contributed by atoms with Crippen molar-refractivity contribution in [3.05, 3.63) is 30.3 Å². The van der Waals surface area contributed by atoms with Crippen LogP contribution in [0.4, 0.5) is 0 Å². The van der Waals surface area contributed by atoms with Gasteiger partial charge in [-0.1, -0.05) is 18.2 Å². The Hall–Kier alpha value is -1.39. The summed E-state index contributed by atoms with van der Waals surface area (Å²) in [5.74, 6) is 0.309. The van der Waals surface area contributed by atoms with E-state index in [9.17, 15) is 4.79 Å². The van der Waals surface area contributed by atoms with Gasteiger partial charge in [-0.3, -0.25) is 4.84 Å². The number of hydrogen-bond donors (Lipinski definition) is 0. The summed E-state index contributed by atoms with van der Waals surface area (Å²) < 4.78 is 5.21. The molecule has 0 aliphatic carbocycles. The van der Waals surface area contributed by atoms with Gasteiger partial charge in [0, 0.05) is 13.5 Å². The van der Waals surface area contributed by atoms with Crippen LogP contribution in [0.5, 0.6) is 5.75 Å². The van der Waals surface area contributed by atoms with Gasteiger partial charge in [-0.25, -0.2) is 4.79 Å². The second-order valence-electron chi connectivity index (χ2n) is 3.42. The first-order valence-electron chi connectivity index (χ1n) is 4.90. The van der Waals surface area contributed by atoms with Crippen LogP contribution in [0, 0.1) is 0 Å². The van der Waals surface area contributed by atoms with Crippen LogP contribution in [0.25, 0.3) is 0 Å². The molecule has 1 fully saturated rings. The van der Waals surface area contributed by atoms with E-state index in [1.54, 1.807) is 24.2 Å². The monoisotopic (exact) mass is 207 g/mol. The van der Waals surface area contributed by atoms with Crippen molar-refractivity contribution in [2.45, 2.75) is 12.5 Å². The summed E-state index contributed by atoms with van der Waals surface area (Å²) in [6.45, 7) is 0.574. The number of hydrogen-bond acceptors (Lipinski definition) is 4. The Bertz CT molecular complexity index is 339. The fraction of sp³-hybridized carbons (Fsp3) is 0.364. The maximum atomic E-state index is 11.7. The molecule has 4 heteroatoms. The first-order chi connectivity index (χ1) is 7.27. The van der Waals surface area contributed by atoms with Gasteiger partial charge in [0.1, 0.15) is 11.8 Å². The quantitative estimate of drug-likeness (QED) is 0.540. The van der Waals surface area contributed by atoms with Crippen molar-refractivity contribution in [2.75, 3.05) is 13.7 Å². The minimum absolute atomic E-state index is 0.263. The summed E-state index contributed by atoms with van der Waals surface area (Å²) in [7, 11) is 1.74. The molecule has 0 spiro atoms. The fourth-order valence-electron chi connectivity index (χ4n) is 1.52. The molecule has 0 amide bonds. The van der Waals surface area contributed by atoms with Gasteiger partial charge in [-0.05, 0) is 12.1 Å². The van der Waals surface area contributed by atoms with E-state index in [2.05, 4.69) is 0 Å². The van der Waals surface area contributed by atoms with Gasteiger partial charge in [0.15, 0.2) is 0 Å². The zero-order chi connectivity index (χ0) is 10.7. The van der Waals surface area contributed by atoms with E-state index in [0.29, 0.717) is 18.8 Å². The van der Waals surface area contributed by atoms with E-state index in [0.717, 1.165) is 0 Å². The molecule has 4 nitrogen and oxygen atoms in total. The highest BCUT2D eigenvalue weighted by molar-refractivity contribution is 5.78. The maximum absolute atomic E-state index is 11.7. The number of ether oxygens (including phenoxy) is 1. The topological polar surface area (TPSA) is 38.8 Å². The molecule has 1 aliphatic rings. The number of para-hydroxylation sites is 1. The molecule has 1 atom stereocenters. The number of carbonyl (C=O) groups excluding carboxylic acids is 1. The predicted molar refractivity (Wildman–Crippen MR) is 54.2 cm³/mol. The number of benzene rings is 1. The van der Waals surface area contributed by atoms with Crippen LogP contribution in [0.3, 0.4) is 0 Å². The van der Waals surface area contributed by atoms with E-state index in [-0.39, 0.29) is 12.0 Å². The molecule has 0 saturated carbocycles. The smallest absolute Gasteiger partial charge is 0.331 e. The van der Waals surface area contributed by atoms with Gasteiger partial charge in [0.2, 0.25) is 0 Å². The first-order valence-corrected chi connectivity index (χ1v) is 4.90. The molecule has 2 rings (SSSR count). The molecule has 15 heavy (non-hydrogen) atoms. The van der Waals surface area contributed by atoms with Crippen LogP contribution < -0.4 is 4.74 Å². The molecule has 1 aliphatic heterocycles. The number of nitrogens with zero attached hydrogens (tertiary/aromatic N) is 1. The lowest BCUT2D eigenvalue weighted by atomic mass is 10.2. The van der Waals surface area contributed by atoms with Crippen LogP contribution in [0.15, 0.2) is 30.3 Å². The minimum atomic E-state index is -0.287. The molecule has 0 aromatic heterocycles. The van der Waals surface area contributed by atoms with Crippen LogP contribution in [0.2, 0.25) is 0 Å². The molecule has 0 bridgehead atoms. The van der Waals surface area contributed by atoms with E-state index >= 15 is 0 Å². The summed E-state index contributed by atoms with van der Waals surface area (Å²) in [5, 5.41) is 1.55. The van der Waals surface area contributed by atoms with Crippen LogP contribution in [-0.4, -0.2) is 30.7 Å². The molecular weight excluding hydrogens is 194 g/mol. The maximum Gasteiger partial charge on any atom is 0.331 e. The standard InChI is InChI=1S/C11H13NO3/c1-12-10(7-8-14-12)11(13)15-9-5-3-2-4-6-9/h2-6,10H,7-8H2,1H3. The molecule has 1 unspecified atom stereocenters. The zero-order valence-corrected chi connectivity index (χ0v) is 8.55. The van der Waals surface area contributed by atoms with E-state index < -0.39 is 0 Å². The number of hydroxylamine groups is 2. The normalized spacial score (nSPS) is 21.5. The van der Waals surface area contributed by atoms with Crippen LogP contribution in [0.1, 0.15) is 6.42 Å².